The van der Waals surface area contributed by atoms with Gasteiger partial charge in [-0.05, 0) is 43.3 Å². The number of rotatable bonds is 5. The fraction of sp³-hybridized carbons (Fsp3) is 0.312. The summed E-state index contributed by atoms with van der Waals surface area (Å²) in [5.74, 6) is -0.278. The molecule has 2 rings (SSSR count). The van der Waals surface area contributed by atoms with Gasteiger partial charge in [0.15, 0.2) is 0 Å². The number of halogens is 1. The molecule has 0 fully saturated rings. The molecule has 0 amide bonds. The lowest BCUT2D eigenvalue weighted by atomic mass is 10.1. The summed E-state index contributed by atoms with van der Waals surface area (Å²) in [4.78, 5) is 0. The molecule has 0 saturated carbocycles. The third-order valence-corrected chi connectivity index (χ3v) is 3.46. The van der Waals surface area contributed by atoms with Crippen LogP contribution in [0.5, 0.6) is 0 Å². The summed E-state index contributed by atoms with van der Waals surface area (Å²) in [7, 11) is 1.93. The molecular weight excluding hydrogens is 253 g/mol. The van der Waals surface area contributed by atoms with Gasteiger partial charge in [-0.25, -0.2) is 4.39 Å². The van der Waals surface area contributed by atoms with Crippen molar-refractivity contribution in [1.29, 1.82) is 5.26 Å². The van der Waals surface area contributed by atoms with E-state index in [0.29, 0.717) is 23.7 Å². The SMILES string of the molecule is CCC(NC)c1ccn(Cc2cc(C#N)ccc2F)c1. The minimum absolute atomic E-state index is 0.278. The third-order valence-electron chi connectivity index (χ3n) is 3.46. The molecule has 1 heterocycles. The molecule has 0 aliphatic rings. The Morgan fingerprint density at radius 3 is 2.85 bits per heavy atom. The van der Waals surface area contributed by atoms with E-state index in [0.717, 1.165) is 6.42 Å². The van der Waals surface area contributed by atoms with Crippen molar-refractivity contribution < 1.29 is 4.39 Å². The number of nitrogens with zero attached hydrogens (tertiary/aromatic N) is 2. The zero-order valence-electron chi connectivity index (χ0n) is 11.7. The number of hydrogen-bond donors (Lipinski definition) is 1. The van der Waals surface area contributed by atoms with Gasteiger partial charge >= 0.3 is 0 Å². The summed E-state index contributed by atoms with van der Waals surface area (Å²) in [5, 5.41) is 12.1. The molecule has 0 saturated heterocycles. The van der Waals surface area contributed by atoms with Crippen LogP contribution in [0.1, 0.15) is 36.1 Å². The van der Waals surface area contributed by atoms with Crippen LogP contribution < -0.4 is 5.32 Å². The van der Waals surface area contributed by atoms with E-state index in [9.17, 15) is 4.39 Å². The highest BCUT2D eigenvalue weighted by molar-refractivity contribution is 5.34. The Labute approximate surface area is 118 Å². The molecule has 0 radical (unpaired) electrons. The number of hydrogen-bond acceptors (Lipinski definition) is 2. The zero-order chi connectivity index (χ0) is 14.5. The predicted octanol–water partition coefficient (Wildman–Crippen LogP) is 3.22. The van der Waals surface area contributed by atoms with Crippen molar-refractivity contribution in [1.82, 2.24) is 9.88 Å². The normalized spacial score (nSPS) is 12.1. The van der Waals surface area contributed by atoms with E-state index in [1.165, 1.54) is 17.7 Å². The summed E-state index contributed by atoms with van der Waals surface area (Å²) < 4.78 is 15.7. The van der Waals surface area contributed by atoms with Gasteiger partial charge in [-0.3, -0.25) is 0 Å². The molecule has 1 unspecified atom stereocenters. The first kappa shape index (κ1) is 14.3. The molecule has 0 aliphatic heterocycles. The maximum Gasteiger partial charge on any atom is 0.128 e. The van der Waals surface area contributed by atoms with Crippen molar-refractivity contribution >= 4 is 0 Å². The molecule has 0 aliphatic carbocycles. The van der Waals surface area contributed by atoms with Crippen molar-refractivity contribution in [3.8, 4) is 6.07 Å². The number of aromatic nitrogens is 1. The molecule has 2 aromatic rings. The Morgan fingerprint density at radius 1 is 1.40 bits per heavy atom. The topological polar surface area (TPSA) is 40.8 Å². The molecule has 1 aromatic carbocycles. The molecule has 104 valence electrons. The molecule has 20 heavy (non-hydrogen) atoms. The molecule has 3 nitrogen and oxygen atoms in total. The average molecular weight is 271 g/mol. The maximum atomic E-state index is 13.8. The Bertz CT molecular complexity index is 621. The highest BCUT2D eigenvalue weighted by Crippen LogP contribution is 2.18. The highest BCUT2D eigenvalue weighted by Gasteiger charge is 2.09. The van der Waals surface area contributed by atoms with E-state index in [-0.39, 0.29) is 5.82 Å². The fourth-order valence-corrected chi connectivity index (χ4v) is 2.33. The average Bonchev–Trinajstić information content (AvgIpc) is 2.91. The minimum Gasteiger partial charge on any atom is -0.349 e. The summed E-state index contributed by atoms with van der Waals surface area (Å²) in [5.41, 5.74) is 2.20. The van der Waals surface area contributed by atoms with Crippen molar-refractivity contribution in [3.05, 3.63) is 59.2 Å². The van der Waals surface area contributed by atoms with E-state index < -0.39 is 0 Å². The second-order valence-corrected chi connectivity index (χ2v) is 4.78. The van der Waals surface area contributed by atoms with E-state index >= 15 is 0 Å². The molecule has 1 aromatic heterocycles. The van der Waals surface area contributed by atoms with Crippen molar-refractivity contribution in [2.45, 2.75) is 25.9 Å². The van der Waals surface area contributed by atoms with Crippen LogP contribution in [0, 0.1) is 17.1 Å². The smallest absolute Gasteiger partial charge is 0.128 e. The van der Waals surface area contributed by atoms with Gasteiger partial charge in [0.2, 0.25) is 0 Å². The quantitative estimate of drug-likeness (QED) is 0.907. The molecule has 1 N–H and O–H groups in total. The lowest BCUT2D eigenvalue weighted by molar-refractivity contribution is 0.573. The van der Waals surface area contributed by atoms with Crippen LogP contribution in [-0.4, -0.2) is 11.6 Å². The van der Waals surface area contributed by atoms with Crippen molar-refractivity contribution in [2.75, 3.05) is 7.05 Å². The Hall–Kier alpha value is -2.12. The van der Waals surface area contributed by atoms with Crippen LogP contribution in [0.2, 0.25) is 0 Å². The number of nitrogens with one attached hydrogen (secondary N) is 1. The van der Waals surface area contributed by atoms with Gasteiger partial charge in [0.05, 0.1) is 11.6 Å². The first-order valence-corrected chi connectivity index (χ1v) is 6.69. The minimum atomic E-state index is -0.278. The number of nitriles is 1. The van der Waals surface area contributed by atoms with Gasteiger partial charge in [-0.15, -0.1) is 0 Å². The Balaban J connectivity index is 2.21. The Morgan fingerprint density at radius 2 is 2.20 bits per heavy atom. The molecular formula is C16H18FN3. The fourth-order valence-electron chi connectivity index (χ4n) is 2.33. The van der Waals surface area contributed by atoms with Gasteiger partial charge in [-0.2, -0.15) is 5.26 Å². The van der Waals surface area contributed by atoms with Gasteiger partial charge in [-0.1, -0.05) is 6.92 Å². The van der Waals surface area contributed by atoms with Crippen LogP contribution in [0.25, 0.3) is 0 Å². The number of benzene rings is 1. The van der Waals surface area contributed by atoms with Crippen LogP contribution in [0.4, 0.5) is 4.39 Å². The second kappa shape index (κ2) is 6.36. The summed E-state index contributed by atoms with van der Waals surface area (Å²) in [6.07, 6.45) is 4.95. The van der Waals surface area contributed by atoms with Gasteiger partial charge in [0.25, 0.3) is 0 Å². The summed E-state index contributed by atoms with van der Waals surface area (Å²) in [6.45, 7) is 2.55. The van der Waals surface area contributed by atoms with Crippen LogP contribution in [-0.2, 0) is 6.54 Å². The molecule has 4 heteroatoms. The largest absolute Gasteiger partial charge is 0.349 e. The third kappa shape index (κ3) is 3.06. The van der Waals surface area contributed by atoms with E-state index in [1.807, 2.05) is 36.1 Å². The van der Waals surface area contributed by atoms with Crippen LogP contribution in [0.15, 0.2) is 36.7 Å². The highest BCUT2D eigenvalue weighted by atomic mass is 19.1. The summed E-state index contributed by atoms with van der Waals surface area (Å²) >= 11 is 0. The lowest BCUT2D eigenvalue weighted by Gasteiger charge is -2.11. The van der Waals surface area contributed by atoms with Gasteiger partial charge < -0.3 is 9.88 Å². The first-order valence-electron chi connectivity index (χ1n) is 6.69. The standard InChI is InChI=1S/C16H18FN3/c1-3-16(19-2)13-6-7-20(10-13)11-14-8-12(9-18)4-5-15(14)17/h4-8,10,16,19H,3,11H2,1-2H3. The lowest BCUT2D eigenvalue weighted by Crippen LogP contribution is -2.14. The van der Waals surface area contributed by atoms with Gasteiger partial charge in [0.1, 0.15) is 5.82 Å². The van der Waals surface area contributed by atoms with E-state index in [2.05, 4.69) is 12.2 Å². The van der Waals surface area contributed by atoms with E-state index in [1.54, 1.807) is 6.07 Å². The van der Waals surface area contributed by atoms with Crippen LogP contribution in [0.3, 0.4) is 0 Å². The van der Waals surface area contributed by atoms with Crippen molar-refractivity contribution in [3.63, 3.8) is 0 Å². The Kier molecular flexibility index (Phi) is 4.54. The van der Waals surface area contributed by atoms with E-state index in [4.69, 9.17) is 5.26 Å². The monoisotopic (exact) mass is 271 g/mol. The van der Waals surface area contributed by atoms with Crippen molar-refractivity contribution in [2.24, 2.45) is 0 Å². The molecule has 0 bridgehead atoms. The predicted molar refractivity (Wildman–Crippen MR) is 76.7 cm³/mol. The molecule has 0 spiro atoms. The maximum absolute atomic E-state index is 13.8. The van der Waals surface area contributed by atoms with Crippen LogP contribution >= 0.6 is 0 Å². The molecule has 1 atom stereocenters. The van der Waals surface area contributed by atoms with Gasteiger partial charge in [0, 0.05) is 30.5 Å². The first-order chi connectivity index (χ1) is 9.67. The second-order valence-electron chi connectivity index (χ2n) is 4.78. The summed E-state index contributed by atoms with van der Waals surface area (Å²) in [6, 6.07) is 8.83. The zero-order valence-corrected chi connectivity index (χ0v) is 11.7.